The van der Waals surface area contributed by atoms with Crippen LogP contribution in [0.15, 0.2) is 42.6 Å². The maximum absolute atomic E-state index is 13.7. The van der Waals surface area contributed by atoms with Crippen molar-refractivity contribution >= 4 is 33.2 Å². The van der Waals surface area contributed by atoms with E-state index in [1.807, 2.05) is 0 Å². The van der Waals surface area contributed by atoms with Crippen LogP contribution in [0, 0.1) is 5.92 Å². The standard InChI is InChI=1S/C20H19F5N2O4S/c1-11(2)19(28)31-16-13-7-5-9-26-18(13)27(10-15(21)22)32(29,30)17(16)12-6-3-4-8-14(12)20(23,24)25/h3-9,11,15,29-30H,10H2,1-2H3. The molecule has 32 heavy (non-hydrogen) atoms. The molecule has 0 saturated heterocycles. The maximum atomic E-state index is 13.7. The number of rotatable bonds is 5. The Bertz CT molecular complexity index is 1060. The van der Waals surface area contributed by atoms with Crippen molar-refractivity contribution in [2.75, 3.05) is 10.8 Å². The Hall–Kier alpha value is -2.70. The van der Waals surface area contributed by atoms with Crippen molar-refractivity contribution in [3.05, 3.63) is 59.3 Å². The van der Waals surface area contributed by atoms with Crippen molar-refractivity contribution < 1.29 is 40.6 Å². The first kappa shape index (κ1) is 24.0. The second-order valence-electron chi connectivity index (χ2n) is 7.12. The van der Waals surface area contributed by atoms with E-state index in [1.54, 1.807) is 0 Å². The molecular formula is C20H19F5N2O4S. The first-order valence-corrected chi connectivity index (χ1v) is 10.8. The molecule has 1 aliphatic heterocycles. The Morgan fingerprint density at radius 1 is 1.12 bits per heavy atom. The van der Waals surface area contributed by atoms with E-state index in [2.05, 4.69) is 4.98 Å². The highest BCUT2D eigenvalue weighted by molar-refractivity contribution is 8.33. The number of pyridine rings is 1. The van der Waals surface area contributed by atoms with Crippen molar-refractivity contribution in [1.82, 2.24) is 4.98 Å². The molecule has 2 N–H and O–H groups in total. The minimum absolute atomic E-state index is 0.125. The SMILES string of the molecule is CC(C)C(=O)OC1=C(c2ccccc2C(F)(F)F)S(O)(O)N(CC(F)F)c2ncccc21. The van der Waals surface area contributed by atoms with Crippen LogP contribution in [-0.2, 0) is 15.7 Å². The van der Waals surface area contributed by atoms with Crippen molar-refractivity contribution in [3.8, 4) is 0 Å². The van der Waals surface area contributed by atoms with Crippen LogP contribution in [0.5, 0.6) is 0 Å². The summed E-state index contributed by atoms with van der Waals surface area (Å²) in [6, 6.07) is 6.61. The summed E-state index contributed by atoms with van der Waals surface area (Å²) in [4.78, 5) is 15.4. The average molecular weight is 478 g/mol. The largest absolute Gasteiger partial charge is 0.423 e. The third-order valence-corrected chi connectivity index (χ3v) is 6.40. The highest BCUT2D eigenvalue weighted by Gasteiger charge is 2.45. The molecule has 2 aromatic rings. The number of fused-ring (bicyclic) bond motifs is 1. The van der Waals surface area contributed by atoms with Crippen molar-refractivity contribution in [2.45, 2.75) is 26.4 Å². The summed E-state index contributed by atoms with van der Waals surface area (Å²) in [6.07, 6.45) is -6.81. The molecule has 3 rings (SSSR count). The van der Waals surface area contributed by atoms with Crippen molar-refractivity contribution in [3.63, 3.8) is 0 Å². The molecule has 0 aliphatic carbocycles. The van der Waals surface area contributed by atoms with E-state index in [0.717, 1.165) is 12.1 Å². The number of anilines is 1. The van der Waals surface area contributed by atoms with E-state index in [0.29, 0.717) is 10.4 Å². The molecule has 0 radical (unpaired) electrons. The first-order chi connectivity index (χ1) is 14.9. The maximum Gasteiger partial charge on any atom is 0.417 e. The predicted octanol–water partition coefficient (Wildman–Crippen LogP) is 5.88. The second kappa shape index (κ2) is 8.68. The number of aromatic nitrogens is 1. The number of carbonyl (C=O) groups excluding carboxylic acids is 1. The van der Waals surface area contributed by atoms with E-state index >= 15 is 0 Å². The number of alkyl halides is 5. The number of esters is 1. The molecule has 2 heterocycles. The Morgan fingerprint density at radius 2 is 1.75 bits per heavy atom. The molecule has 0 amide bonds. The van der Waals surface area contributed by atoms with Gasteiger partial charge in [0.05, 0.1) is 17.0 Å². The summed E-state index contributed by atoms with van der Waals surface area (Å²) in [6.45, 7) is 1.72. The van der Waals surface area contributed by atoms with Crippen LogP contribution in [0.25, 0.3) is 10.7 Å². The highest BCUT2D eigenvalue weighted by atomic mass is 32.3. The van der Waals surface area contributed by atoms with Crippen LogP contribution in [0.2, 0.25) is 0 Å². The topological polar surface area (TPSA) is 82.9 Å². The van der Waals surface area contributed by atoms with E-state index in [1.165, 1.54) is 38.2 Å². The van der Waals surface area contributed by atoms with Crippen LogP contribution in [-0.4, -0.2) is 33.0 Å². The zero-order valence-corrected chi connectivity index (χ0v) is 17.6. The summed E-state index contributed by atoms with van der Waals surface area (Å²) in [5.41, 5.74) is -2.09. The van der Waals surface area contributed by atoms with Gasteiger partial charge in [-0.1, -0.05) is 42.8 Å². The van der Waals surface area contributed by atoms with Gasteiger partial charge >= 0.3 is 12.1 Å². The minimum Gasteiger partial charge on any atom is -0.423 e. The molecular weight excluding hydrogens is 459 g/mol. The predicted molar refractivity (Wildman–Crippen MR) is 110 cm³/mol. The van der Waals surface area contributed by atoms with Crippen LogP contribution in [0.1, 0.15) is 30.5 Å². The Morgan fingerprint density at radius 3 is 2.34 bits per heavy atom. The van der Waals surface area contributed by atoms with Crippen LogP contribution >= 0.6 is 10.8 Å². The lowest BCUT2D eigenvalue weighted by molar-refractivity contribution is -0.140. The minimum atomic E-state index is -4.92. The molecule has 174 valence electrons. The van der Waals surface area contributed by atoms with E-state index in [9.17, 15) is 35.9 Å². The van der Waals surface area contributed by atoms with E-state index in [-0.39, 0.29) is 11.4 Å². The van der Waals surface area contributed by atoms with Crippen LogP contribution < -0.4 is 4.31 Å². The number of hydrogen-bond acceptors (Lipinski definition) is 6. The lowest BCUT2D eigenvalue weighted by Gasteiger charge is -2.48. The molecule has 0 fully saturated rings. The number of halogens is 5. The van der Waals surface area contributed by atoms with Gasteiger partial charge in [0.15, 0.2) is 11.6 Å². The van der Waals surface area contributed by atoms with Crippen LogP contribution in [0.3, 0.4) is 0 Å². The molecule has 0 unspecified atom stereocenters. The summed E-state index contributed by atoms with van der Waals surface area (Å²) in [5, 5.41) is 0. The number of nitrogens with zero attached hydrogens (tertiary/aromatic N) is 2. The number of benzene rings is 1. The number of carbonyl (C=O) groups is 1. The summed E-state index contributed by atoms with van der Waals surface area (Å²) in [7, 11) is -4.54. The summed E-state index contributed by atoms with van der Waals surface area (Å²) >= 11 is 0. The van der Waals surface area contributed by atoms with Crippen molar-refractivity contribution in [2.24, 2.45) is 5.92 Å². The lowest BCUT2D eigenvalue weighted by atomic mass is 10.0. The zero-order chi connectivity index (χ0) is 23.8. The van der Waals surface area contributed by atoms with Gasteiger partial charge in [0.1, 0.15) is 11.4 Å². The number of hydrogen-bond donors (Lipinski definition) is 2. The monoisotopic (exact) mass is 478 g/mol. The second-order valence-corrected chi connectivity index (χ2v) is 9.01. The van der Waals surface area contributed by atoms with Gasteiger partial charge < -0.3 is 4.74 Å². The van der Waals surface area contributed by atoms with E-state index in [4.69, 9.17) is 4.74 Å². The summed E-state index contributed by atoms with van der Waals surface area (Å²) in [5.74, 6) is -2.52. The van der Waals surface area contributed by atoms with Gasteiger partial charge in [-0.05, 0) is 18.2 Å². The van der Waals surface area contributed by atoms with Gasteiger partial charge in [0.25, 0.3) is 6.43 Å². The van der Waals surface area contributed by atoms with Gasteiger partial charge in [-0.3, -0.25) is 13.9 Å². The quantitative estimate of drug-likeness (QED) is 0.413. The Kier molecular flexibility index (Phi) is 6.50. The number of ether oxygens (including phenoxy) is 1. The fraction of sp³-hybridized carbons (Fsp3) is 0.300. The van der Waals surface area contributed by atoms with Crippen molar-refractivity contribution in [1.29, 1.82) is 0 Å². The third kappa shape index (κ3) is 4.43. The molecule has 12 heteroatoms. The van der Waals surface area contributed by atoms with Gasteiger partial charge in [-0.15, -0.1) is 0 Å². The van der Waals surface area contributed by atoms with Gasteiger partial charge in [-0.2, -0.15) is 13.2 Å². The Balaban J connectivity index is 2.41. The molecule has 1 aromatic carbocycles. The molecule has 0 saturated carbocycles. The van der Waals surface area contributed by atoms with Gasteiger partial charge in [-0.25, -0.2) is 18.1 Å². The third-order valence-electron chi connectivity index (χ3n) is 4.51. The van der Waals surface area contributed by atoms with Gasteiger partial charge in [0, 0.05) is 11.8 Å². The molecule has 6 nitrogen and oxygen atoms in total. The Labute approximate surface area is 181 Å². The van der Waals surface area contributed by atoms with Gasteiger partial charge in [0.2, 0.25) is 0 Å². The highest BCUT2D eigenvalue weighted by Crippen LogP contribution is 2.65. The van der Waals surface area contributed by atoms with Crippen LogP contribution in [0.4, 0.5) is 27.8 Å². The average Bonchev–Trinajstić information content (AvgIpc) is 2.70. The molecule has 0 bridgehead atoms. The van der Waals surface area contributed by atoms with E-state index < -0.39 is 63.6 Å². The molecule has 0 atom stereocenters. The molecule has 1 aromatic heterocycles. The summed E-state index contributed by atoms with van der Waals surface area (Å²) < 4.78 is 95.7. The lowest BCUT2D eigenvalue weighted by Crippen LogP contribution is -2.37. The normalized spacial score (nSPS) is 16.9. The zero-order valence-electron chi connectivity index (χ0n) is 16.8. The molecule has 1 aliphatic rings. The first-order valence-electron chi connectivity index (χ1n) is 9.27. The smallest absolute Gasteiger partial charge is 0.417 e. The molecule has 0 spiro atoms. The fourth-order valence-electron chi connectivity index (χ4n) is 3.08. The fourth-order valence-corrected chi connectivity index (χ4v) is 4.89.